The molecule has 0 radical (unpaired) electrons. The van der Waals surface area contributed by atoms with Gasteiger partial charge in [0, 0.05) is 5.88 Å². The van der Waals surface area contributed by atoms with Crippen molar-refractivity contribution in [3.05, 3.63) is 114 Å². The van der Waals surface area contributed by atoms with Gasteiger partial charge in [0.15, 0.2) is 11.9 Å². The van der Waals surface area contributed by atoms with Crippen LogP contribution in [0.4, 0.5) is 5.95 Å². The molecule has 41 heavy (non-hydrogen) atoms. The monoisotopic (exact) mass is 570 g/mol. The SMILES string of the molecule is NCSc1nc(N)nc2c1ncn2[C@@H]1O[C@H](COC(c2ccccc2)(c2ccccc2)c2ccccc2)[C@@H](O)[C@H]1O. The van der Waals surface area contributed by atoms with E-state index in [9.17, 15) is 10.2 Å². The summed E-state index contributed by atoms with van der Waals surface area (Å²) in [4.78, 5) is 13.0. The van der Waals surface area contributed by atoms with Crippen LogP contribution < -0.4 is 11.5 Å². The fourth-order valence-corrected chi connectivity index (χ4v) is 5.94. The van der Waals surface area contributed by atoms with Gasteiger partial charge in [0.2, 0.25) is 5.95 Å². The molecule has 0 bridgehead atoms. The van der Waals surface area contributed by atoms with Crippen LogP contribution in [0, 0.1) is 0 Å². The molecule has 1 saturated heterocycles. The van der Waals surface area contributed by atoms with Crippen molar-refractivity contribution >= 4 is 28.9 Å². The van der Waals surface area contributed by atoms with Gasteiger partial charge >= 0.3 is 0 Å². The highest BCUT2D eigenvalue weighted by atomic mass is 32.2. The highest BCUT2D eigenvalue weighted by Crippen LogP contribution is 2.42. The third-order valence-corrected chi connectivity index (χ3v) is 7.97. The molecule has 5 aromatic rings. The van der Waals surface area contributed by atoms with Crippen LogP contribution in [0.2, 0.25) is 0 Å². The van der Waals surface area contributed by atoms with E-state index in [1.807, 2.05) is 91.0 Å². The van der Waals surface area contributed by atoms with Crippen molar-refractivity contribution in [1.29, 1.82) is 0 Å². The van der Waals surface area contributed by atoms with E-state index < -0.39 is 30.1 Å². The number of aliphatic hydroxyl groups is 2. The van der Waals surface area contributed by atoms with Crippen LogP contribution in [-0.2, 0) is 15.1 Å². The van der Waals surface area contributed by atoms with E-state index in [4.69, 9.17) is 20.9 Å². The summed E-state index contributed by atoms with van der Waals surface area (Å²) < 4.78 is 14.6. The first-order valence-electron chi connectivity index (χ1n) is 13.2. The molecule has 6 rings (SSSR count). The molecule has 2 aromatic heterocycles. The van der Waals surface area contributed by atoms with Crippen molar-refractivity contribution < 1.29 is 19.7 Å². The number of hydrogen-bond acceptors (Lipinski definition) is 10. The molecule has 0 unspecified atom stereocenters. The van der Waals surface area contributed by atoms with E-state index in [0.29, 0.717) is 16.2 Å². The summed E-state index contributed by atoms with van der Waals surface area (Å²) in [7, 11) is 0. The number of ether oxygens (including phenoxy) is 2. The maximum atomic E-state index is 11.1. The van der Waals surface area contributed by atoms with E-state index in [2.05, 4.69) is 15.0 Å². The standard InChI is InChI=1S/C30H30N6O4S/c31-17-41-27-23-26(34-29(32)35-27)36(18-33-23)28-25(38)24(37)22(40-28)16-39-30(19-10-4-1-5-11-19,20-12-6-2-7-13-20)21-14-8-3-9-15-21/h1-15,18,22,24-25,28,37-38H,16-17,31H2,(H2,32,34,35)/t22-,24-,25-,28-/m1/s1. The highest BCUT2D eigenvalue weighted by Gasteiger charge is 2.47. The molecule has 0 saturated carbocycles. The maximum Gasteiger partial charge on any atom is 0.223 e. The number of nitrogens with zero attached hydrogens (tertiary/aromatic N) is 4. The van der Waals surface area contributed by atoms with E-state index in [-0.39, 0.29) is 18.4 Å². The number of fused-ring (bicyclic) bond motifs is 1. The summed E-state index contributed by atoms with van der Waals surface area (Å²) in [6.45, 7) is -0.0224. The van der Waals surface area contributed by atoms with Gasteiger partial charge < -0.3 is 31.2 Å². The number of benzene rings is 3. The molecule has 1 fully saturated rings. The topological polar surface area (TPSA) is 155 Å². The normalized spacial score (nSPS) is 21.0. The number of imidazole rings is 1. The number of anilines is 1. The predicted octanol–water partition coefficient (Wildman–Crippen LogP) is 3.04. The van der Waals surface area contributed by atoms with Gasteiger partial charge in [-0.25, -0.2) is 9.97 Å². The Labute approximate surface area is 241 Å². The average Bonchev–Trinajstić information content (AvgIpc) is 3.55. The Morgan fingerprint density at radius 1 is 0.854 bits per heavy atom. The largest absolute Gasteiger partial charge is 0.387 e. The molecule has 10 nitrogen and oxygen atoms in total. The third kappa shape index (κ3) is 4.97. The Morgan fingerprint density at radius 3 is 1.95 bits per heavy atom. The lowest BCUT2D eigenvalue weighted by Crippen LogP contribution is -2.39. The first-order valence-corrected chi connectivity index (χ1v) is 14.2. The number of nitrogen functional groups attached to an aromatic ring is 1. The van der Waals surface area contributed by atoms with Crippen molar-refractivity contribution in [3.8, 4) is 0 Å². The molecular weight excluding hydrogens is 540 g/mol. The summed E-state index contributed by atoms with van der Waals surface area (Å²) in [5, 5.41) is 22.8. The lowest BCUT2D eigenvalue weighted by molar-refractivity contribution is -0.0942. The Balaban J connectivity index is 1.35. The molecule has 1 aliphatic heterocycles. The smallest absolute Gasteiger partial charge is 0.223 e. The van der Waals surface area contributed by atoms with Gasteiger partial charge in [-0.15, -0.1) is 0 Å². The summed E-state index contributed by atoms with van der Waals surface area (Å²) in [5.41, 5.74) is 14.2. The van der Waals surface area contributed by atoms with Crippen LogP contribution in [0.25, 0.3) is 11.2 Å². The summed E-state index contributed by atoms with van der Waals surface area (Å²) >= 11 is 1.28. The van der Waals surface area contributed by atoms with Crippen molar-refractivity contribution in [2.45, 2.75) is 35.2 Å². The van der Waals surface area contributed by atoms with Crippen molar-refractivity contribution in [3.63, 3.8) is 0 Å². The van der Waals surface area contributed by atoms with Gasteiger partial charge in [-0.2, -0.15) is 4.98 Å². The number of rotatable bonds is 9. The van der Waals surface area contributed by atoms with Crippen LogP contribution in [0.3, 0.4) is 0 Å². The second kappa shape index (κ2) is 11.6. The number of thioether (sulfide) groups is 1. The maximum absolute atomic E-state index is 11.1. The number of hydrogen-bond donors (Lipinski definition) is 4. The minimum absolute atomic E-state index is 0.0224. The van der Waals surface area contributed by atoms with E-state index in [1.165, 1.54) is 18.1 Å². The molecule has 6 N–H and O–H groups in total. The van der Waals surface area contributed by atoms with Gasteiger partial charge in [-0.3, -0.25) is 4.57 Å². The van der Waals surface area contributed by atoms with Crippen molar-refractivity contribution in [1.82, 2.24) is 19.5 Å². The Hall–Kier alpha value is -3.84. The minimum atomic E-state index is -1.28. The van der Waals surface area contributed by atoms with Crippen LogP contribution in [0.5, 0.6) is 0 Å². The zero-order valence-corrected chi connectivity index (χ0v) is 22.8. The van der Waals surface area contributed by atoms with E-state index in [1.54, 1.807) is 4.57 Å². The first kappa shape index (κ1) is 27.3. The molecule has 0 spiro atoms. The fourth-order valence-electron chi connectivity index (χ4n) is 5.34. The third-order valence-electron chi connectivity index (χ3n) is 7.24. The molecule has 1 aliphatic rings. The highest BCUT2D eigenvalue weighted by molar-refractivity contribution is 7.99. The van der Waals surface area contributed by atoms with Gasteiger partial charge in [0.25, 0.3) is 0 Å². The van der Waals surface area contributed by atoms with E-state index in [0.717, 1.165) is 16.7 Å². The molecular formula is C30H30N6O4S. The van der Waals surface area contributed by atoms with E-state index >= 15 is 0 Å². The summed E-state index contributed by atoms with van der Waals surface area (Å²) in [5.74, 6) is 0.326. The zero-order valence-electron chi connectivity index (χ0n) is 22.0. The summed E-state index contributed by atoms with van der Waals surface area (Å²) in [6.07, 6.45) is -2.86. The molecule has 0 aliphatic carbocycles. The van der Waals surface area contributed by atoms with Crippen molar-refractivity contribution in [2.75, 3.05) is 18.2 Å². The van der Waals surface area contributed by atoms with Crippen LogP contribution in [0.1, 0.15) is 22.9 Å². The second-order valence-corrected chi connectivity index (χ2v) is 10.7. The lowest BCUT2D eigenvalue weighted by Gasteiger charge is -2.37. The van der Waals surface area contributed by atoms with Gasteiger partial charge in [0.1, 0.15) is 34.5 Å². The molecule has 11 heteroatoms. The van der Waals surface area contributed by atoms with Gasteiger partial charge in [0.05, 0.1) is 12.9 Å². The Bertz CT molecular complexity index is 1510. The van der Waals surface area contributed by atoms with Crippen LogP contribution in [-0.4, -0.2) is 60.5 Å². The second-order valence-electron chi connectivity index (χ2n) is 9.66. The molecule has 3 aromatic carbocycles. The fraction of sp³-hybridized carbons (Fsp3) is 0.233. The number of aromatic nitrogens is 4. The Kier molecular flexibility index (Phi) is 7.71. The zero-order chi connectivity index (χ0) is 28.4. The van der Waals surface area contributed by atoms with Crippen molar-refractivity contribution in [2.24, 2.45) is 5.73 Å². The molecule has 210 valence electrons. The predicted molar refractivity (Wildman–Crippen MR) is 156 cm³/mol. The average molecular weight is 571 g/mol. The van der Waals surface area contributed by atoms with Gasteiger partial charge in [-0.1, -0.05) is 103 Å². The minimum Gasteiger partial charge on any atom is -0.387 e. The number of aliphatic hydroxyl groups excluding tert-OH is 2. The molecule has 3 heterocycles. The van der Waals surface area contributed by atoms with Crippen LogP contribution >= 0.6 is 11.8 Å². The van der Waals surface area contributed by atoms with Gasteiger partial charge in [-0.05, 0) is 16.7 Å². The molecule has 0 amide bonds. The molecule has 4 atom stereocenters. The van der Waals surface area contributed by atoms with Crippen LogP contribution in [0.15, 0.2) is 102 Å². The lowest BCUT2D eigenvalue weighted by atomic mass is 9.80. The number of nitrogens with two attached hydrogens (primary N) is 2. The first-order chi connectivity index (χ1) is 20.0. The Morgan fingerprint density at radius 2 is 1.41 bits per heavy atom. The quantitative estimate of drug-likeness (QED) is 0.0900. The summed E-state index contributed by atoms with van der Waals surface area (Å²) in [6, 6.07) is 29.8.